The largest absolute Gasteiger partial charge is 0.309 e. The van der Waals surface area contributed by atoms with E-state index in [1.165, 1.54) is 17.9 Å². The van der Waals surface area contributed by atoms with Crippen LogP contribution in [-0.2, 0) is 4.79 Å². The molecule has 12 heavy (non-hydrogen) atoms. The van der Waals surface area contributed by atoms with E-state index < -0.39 is 4.92 Å². The highest BCUT2D eigenvalue weighted by Gasteiger charge is 2.02. The standard InChI is InChI=1S/C7H10N2O3/c1-3-4-8(7(2)10)5-6-9(11)12/h3,5-6H,1,4H2,2H3/b6-5-. The Kier molecular flexibility index (Phi) is 4.36. The topological polar surface area (TPSA) is 63.4 Å². The summed E-state index contributed by atoms with van der Waals surface area (Å²) in [6.07, 6.45) is 3.32. The van der Waals surface area contributed by atoms with Crippen LogP contribution in [0.3, 0.4) is 0 Å². The van der Waals surface area contributed by atoms with E-state index >= 15 is 0 Å². The summed E-state index contributed by atoms with van der Waals surface area (Å²) >= 11 is 0. The summed E-state index contributed by atoms with van der Waals surface area (Å²) in [5.74, 6) is -0.256. The molecule has 0 atom stereocenters. The molecule has 0 aliphatic rings. The second kappa shape index (κ2) is 5.06. The van der Waals surface area contributed by atoms with Gasteiger partial charge in [-0.3, -0.25) is 14.9 Å². The minimum Gasteiger partial charge on any atom is -0.309 e. The molecule has 1 amide bonds. The fraction of sp³-hybridized carbons (Fsp3) is 0.286. The molecule has 0 spiro atoms. The molecule has 0 saturated heterocycles. The molecular formula is C7H10N2O3. The summed E-state index contributed by atoms with van der Waals surface area (Å²) in [6, 6.07) is 0. The van der Waals surface area contributed by atoms with Crippen LogP contribution in [0.1, 0.15) is 6.92 Å². The van der Waals surface area contributed by atoms with E-state index in [1.54, 1.807) is 0 Å². The lowest BCUT2D eigenvalue weighted by Crippen LogP contribution is -2.22. The van der Waals surface area contributed by atoms with Gasteiger partial charge < -0.3 is 4.90 Å². The number of amides is 1. The maximum absolute atomic E-state index is 10.8. The Bertz CT molecular complexity index is 223. The SMILES string of the molecule is C=CCN(/C=C\[N+](=O)[O-])C(C)=O. The second-order valence-electron chi connectivity index (χ2n) is 2.04. The van der Waals surface area contributed by atoms with Crippen LogP contribution in [0.4, 0.5) is 0 Å². The third-order valence-corrected chi connectivity index (χ3v) is 1.10. The van der Waals surface area contributed by atoms with Gasteiger partial charge in [-0.05, 0) is 0 Å². The Morgan fingerprint density at radius 3 is 2.67 bits per heavy atom. The third kappa shape index (κ3) is 4.21. The lowest BCUT2D eigenvalue weighted by atomic mass is 10.5. The smallest absolute Gasteiger partial charge is 0.250 e. The zero-order valence-electron chi connectivity index (χ0n) is 6.77. The van der Waals surface area contributed by atoms with E-state index in [0.29, 0.717) is 6.20 Å². The first kappa shape index (κ1) is 10.3. The van der Waals surface area contributed by atoms with Crippen LogP contribution >= 0.6 is 0 Å². The zero-order chi connectivity index (χ0) is 9.56. The fourth-order valence-corrected chi connectivity index (χ4v) is 0.568. The lowest BCUT2D eigenvalue weighted by Gasteiger charge is -2.10. The van der Waals surface area contributed by atoms with Gasteiger partial charge in [-0.1, -0.05) is 6.08 Å². The van der Waals surface area contributed by atoms with Crippen LogP contribution in [0.2, 0.25) is 0 Å². The van der Waals surface area contributed by atoms with Gasteiger partial charge in [0.15, 0.2) is 0 Å². The van der Waals surface area contributed by atoms with Crippen molar-refractivity contribution in [2.45, 2.75) is 6.92 Å². The number of carbonyl (C=O) groups is 1. The maximum atomic E-state index is 10.8. The monoisotopic (exact) mass is 170 g/mol. The molecule has 0 aromatic rings. The van der Waals surface area contributed by atoms with Gasteiger partial charge in [0.2, 0.25) is 5.91 Å². The van der Waals surface area contributed by atoms with Gasteiger partial charge in [0, 0.05) is 13.5 Å². The molecule has 0 aliphatic heterocycles. The minimum absolute atomic E-state index is 0.256. The van der Waals surface area contributed by atoms with Crippen LogP contribution in [0, 0.1) is 10.1 Å². The zero-order valence-corrected chi connectivity index (χ0v) is 6.77. The van der Waals surface area contributed by atoms with E-state index in [-0.39, 0.29) is 12.5 Å². The van der Waals surface area contributed by atoms with Crippen LogP contribution in [0.5, 0.6) is 0 Å². The van der Waals surface area contributed by atoms with Gasteiger partial charge in [0.25, 0.3) is 6.20 Å². The number of carbonyl (C=O) groups excluding carboxylic acids is 1. The predicted octanol–water partition coefficient (Wildman–Crippen LogP) is 0.769. The first-order valence-corrected chi connectivity index (χ1v) is 3.28. The molecule has 5 nitrogen and oxygen atoms in total. The fourth-order valence-electron chi connectivity index (χ4n) is 0.568. The molecule has 0 unspecified atom stereocenters. The molecule has 66 valence electrons. The van der Waals surface area contributed by atoms with Crippen molar-refractivity contribution < 1.29 is 9.72 Å². The molecule has 5 heteroatoms. The summed E-state index contributed by atoms with van der Waals surface area (Å²) in [4.78, 5) is 21.2. The Morgan fingerprint density at radius 1 is 1.75 bits per heavy atom. The Balaban J connectivity index is 4.21. The lowest BCUT2D eigenvalue weighted by molar-refractivity contribution is -0.403. The van der Waals surface area contributed by atoms with E-state index in [1.807, 2.05) is 0 Å². The average molecular weight is 170 g/mol. The quantitative estimate of drug-likeness (QED) is 0.355. The van der Waals surface area contributed by atoms with Gasteiger partial charge in [-0.15, -0.1) is 6.58 Å². The first-order valence-electron chi connectivity index (χ1n) is 3.28. The average Bonchev–Trinajstić information content (AvgIpc) is 1.96. The van der Waals surface area contributed by atoms with Crippen molar-refractivity contribution in [2.24, 2.45) is 0 Å². The normalized spacial score (nSPS) is 9.75. The number of nitrogens with zero attached hydrogens (tertiary/aromatic N) is 2. The van der Waals surface area contributed by atoms with Gasteiger partial charge in [-0.2, -0.15) is 0 Å². The van der Waals surface area contributed by atoms with Gasteiger partial charge in [0.05, 0.1) is 11.1 Å². The molecule has 0 rings (SSSR count). The molecule has 0 aliphatic carbocycles. The highest BCUT2D eigenvalue weighted by molar-refractivity contribution is 5.74. The first-order chi connectivity index (χ1) is 5.57. The number of nitro groups is 1. The summed E-state index contributed by atoms with van der Waals surface area (Å²) in [5, 5.41) is 9.89. The Morgan fingerprint density at radius 2 is 2.33 bits per heavy atom. The summed E-state index contributed by atoms with van der Waals surface area (Å²) in [6.45, 7) is 5.02. The third-order valence-electron chi connectivity index (χ3n) is 1.10. The Hall–Kier alpha value is -1.65. The van der Waals surface area contributed by atoms with Crippen LogP contribution in [-0.4, -0.2) is 22.3 Å². The van der Waals surface area contributed by atoms with Crippen molar-refractivity contribution in [1.82, 2.24) is 4.90 Å². The molecular weight excluding hydrogens is 160 g/mol. The summed E-state index contributed by atoms with van der Waals surface area (Å²) in [5.41, 5.74) is 0. The van der Waals surface area contributed by atoms with Crippen molar-refractivity contribution in [3.63, 3.8) is 0 Å². The summed E-state index contributed by atoms with van der Waals surface area (Å²) in [7, 11) is 0. The highest BCUT2D eigenvalue weighted by Crippen LogP contribution is 1.91. The second-order valence-corrected chi connectivity index (χ2v) is 2.04. The molecule has 0 bridgehead atoms. The minimum atomic E-state index is -0.626. The highest BCUT2D eigenvalue weighted by atomic mass is 16.6. The van der Waals surface area contributed by atoms with Crippen molar-refractivity contribution >= 4 is 5.91 Å². The predicted molar refractivity (Wildman–Crippen MR) is 43.7 cm³/mol. The van der Waals surface area contributed by atoms with E-state index in [4.69, 9.17) is 0 Å². The maximum Gasteiger partial charge on any atom is 0.250 e. The van der Waals surface area contributed by atoms with Gasteiger partial charge in [0.1, 0.15) is 0 Å². The molecule has 0 radical (unpaired) electrons. The number of rotatable bonds is 4. The van der Waals surface area contributed by atoms with Gasteiger partial charge in [-0.25, -0.2) is 0 Å². The van der Waals surface area contributed by atoms with E-state index in [9.17, 15) is 14.9 Å². The van der Waals surface area contributed by atoms with Crippen LogP contribution in [0.25, 0.3) is 0 Å². The molecule has 0 N–H and O–H groups in total. The summed E-state index contributed by atoms with van der Waals surface area (Å²) < 4.78 is 0. The molecule has 0 heterocycles. The van der Waals surface area contributed by atoms with Crippen molar-refractivity contribution in [3.8, 4) is 0 Å². The molecule has 0 aromatic heterocycles. The molecule has 0 fully saturated rings. The van der Waals surface area contributed by atoms with Crippen molar-refractivity contribution in [3.05, 3.63) is 35.2 Å². The van der Waals surface area contributed by atoms with E-state index in [2.05, 4.69) is 6.58 Å². The van der Waals surface area contributed by atoms with Crippen molar-refractivity contribution in [2.75, 3.05) is 6.54 Å². The Labute approximate surface area is 70.1 Å². The van der Waals surface area contributed by atoms with Crippen LogP contribution < -0.4 is 0 Å². The molecule has 0 saturated carbocycles. The number of hydrogen-bond donors (Lipinski definition) is 0. The van der Waals surface area contributed by atoms with Crippen LogP contribution in [0.15, 0.2) is 25.1 Å². The molecule has 0 aromatic carbocycles. The van der Waals surface area contributed by atoms with Gasteiger partial charge >= 0.3 is 0 Å². The van der Waals surface area contributed by atoms with Crippen molar-refractivity contribution in [1.29, 1.82) is 0 Å². The van der Waals surface area contributed by atoms with E-state index in [0.717, 1.165) is 6.20 Å². The number of hydrogen-bond acceptors (Lipinski definition) is 3.